The number of hydrogen-bond donors (Lipinski definition) is 1. The molecule has 2 saturated heterocycles. The average molecular weight is 468 g/mol. The van der Waals surface area contributed by atoms with Crippen molar-refractivity contribution in [3.05, 3.63) is 29.8 Å². The molecule has 2 heterocycles. The largest absolute Gasteiger partial charge is 0.444 e. The number of morpholine rings is 1. The summed E-state index contributed by atoms with van der Waals surface area (Å²) < 4.78 is 38.2. The molecule has 0 radical (unpaired) electrons. The second kappa shape index (κ2) is 10.2. The van der Waals surface area contributed by atoms with Gasteiger partial charge in [0.05, 0.1) is 23.7 Å². The van der Waals surface area contributed by atoms with Crippen molar-refractivity contribution in [3.8, 4) is 0 Å². The Morgan fingerprint density at radius 2 is 1.72 bits per heavy atom. The van der Waals surface area contributed by atoms with Gasteiger partial charge >= 0.3 is 6.09 Å². The van der Waals surface area contributed by atoms with Crippen LogP contribution in [0.15, 0.2) is 29.2 Å². The Morgan fingerprint density at radius 1 is 1.09 bits per heavy atom. The monoisotopic (exact) mass is 467 g/mol. The highest BCUT2D eigenvalue weighted by molar-refractivity contribution is 7.89. The van der Waals surface area contributed by atoms with Gasteiger partial charge in [0.2, 0.25) is 10.0 Å². The minimum absolute atomic E-state index is 0.0422. The van der Waals surface area contributed by atoms with Gasteiger partial charge in [-0.05, 0) is 51.7 Å². The maximum Gasteiger partial charge on any atom is 0.407 e. The maximum atomic E-state index is 13.2. The number of carbonyl (C=O) groups is 2. The molecule has 2 amide bonds. The number of piperidine rings is 1. The van der Waals surface area contributed by atoms with E-state index < -0.39 is 21.7 Å². The molecule has 9 nitrogen and oxygen atoms in total. The van der Waals surface area contributed by atoms with Crippen molar-refractivity contribution in [3.63, 3.8) is 0 Å². The molecule has 0 spiro atoms. The van der Waals surface area contributed by atoms with Crippen LogP contribution in [0.5, 0.6) is 0 Å². The van der Waals surface area contributed by atoms with Crippen LogP contribution < -0.4 is 5.32 Å². The maximum absolute atomic E-state index is 13.2. The SMILES string of the molecule is CC(C)(C)OC(=O)NCC1CCN(C(=O)c2ccccc2S(=O)(=O)N2CCOCC2)CC1. The molecule has 0 bridgehead atoms. The molecule has 0 unspecified atom stereocenters. The third-order valence-corrected chi connectivity index (χ3v) is 7.50. The van der Waals surface area contributed by atoms with Gasteiger partial charge in [0.1, 0.15) is 5.60 Å². The number of rotatable bonds is 5. The Balaban J connectivity index is 1.61. The number of amides is 2. The summed E-state index contributed by atoms with van der Waals surface area (Å²) in [7, 11) is -3.78. The molecule has 1 aromatic carbocycles. The van der Waals surface area contributed by atoms with Crippen molar-refractivity contribution in [2.45, 2.75) is 44.1 Å². The zero-order valence-corrected chi connectivity index (χ0v) is 19.8. The van der Waals surface area contributed by atoms with E-state index in [-0.39, 0.29) is 35.4 Å². The molecule has 2 fully saturated rings. The van der Waals surface area contributed by atoms with Crippen LogP contribution in [0.3, 0.4) is 0 Å². The molecule has 0 aliphatic carbocycles. The van der Waals surface area contributed by atoms with Crippen molar-refractivity contribution in [2.24, 2.45) is 5.92 Å². The van der Waals surface area contributed by atoms with E-state index in [0.717, 1.165) is 12.8 Å². The second-order valence-corrected chi connectivity index (χ2v) is 11.0. The van der Waals surface area contributed by atoms with Gasteiger partial charge < -0.3 is 19.7 Å². The molecule has 10 heteroatoms. The summed E-state index contributed by atoms with van der Waals surface area (Å²) >= 11 is 0. The Kier molecular flexibility index (Phi) is 7.79. The Hall–Kier alpha value is -2.17. The summed E-state index contributed by atoms with van der Waals surface area (Å²) in [4.78, 5) is 26.8. The smallest absolute Gasteiger partial charge is 0.407 e. The molecule has 32 heavy (non-hydrogen) atoms. The number of ether oxygens (including phenoxy) is 2. The van der Waals surface area contributed by atoms with Crippen LogP contribution in [0.25, 0.3) is 0 Å². The van der Waals surface area contributed by atoms with Crippen molar-refractivity contribution in [1.82, 2.24) is 14.5 Å². The zero-order chi connectivity index (χ0) is 23.4. The van der Waals surface area contributed by atoms with Crippen LogP contribution in [0.1, 0.15) is 44.0 Å². The lowest BCUT2D eigenvalue weighted by Crippen LogP contribution is -2.44. The number of alkyl carbamates (subject to hydrolysis) is 1. The fourth-order valence-electron chi connectivity index (χ4n) is 3.85. The molecule has 1 N–H and O–H groups in total. The van der Waals surface area contributed by atoms with Gasteiger partial charge in [-0.2, -0.15) is 4.31 Å². The predicted octanol–water partition coefficient (Wildman–Crippen LogP) is 2.08. The van der Waals surface area contributed by atoms with Crippen molar-refractivity contribution < 1.29 is 27.5 Å². The van der Waals surface area contributed by atoms with Crippen molar-refractivity contribution >= 4 is 22.0 Å². The minimum atomic E-state index is -3.78. The molecule has 0 atom stereocenters. The van der Waals surface area contributed by atoms with E-state index in [9.17, 15) is 18.0 Å². The molecule has 3 rings (SSSR count). The number of nitrogens with one attached hydrogen (secondary N) is 1. The summed E-state index contributed by atoms with van der Waals surface area (Å²) in [6.45, 7) is 8.19. The van der Waals surface area contributed by atoms with Crippen LogP contribution in [-0.4, -0.2) is 81.2 Å². The van der Waals surface area contributed by atoms with Crippen LogP contribution in [-0.2, 0) is 19.5 Å². The zero-order valence-electron chi connectivity index (χ0n) is 19.0. The average Bonchev–Trinajstić information content (AvgIpc) is 2.77. The fourth-order valence-corrected chi connectivity index (χ4v) is 5.44. The lowest BCUT2D eigenvalue weighted by Gasteiger charge is -2.33. The summed E-state index contributed by atoms with van der Waals surface area (Å²) in [5.74, 6) is -0.0464. The third-order valence-electron chi connectivity index (χ3n) is 5.54. The molecular weight excluding hydrogens is 434 g/mol. The predicted molar refractivity (Wildman–Crippen MR) is 119 cm³/mol. The van der Waals surface area contributed by atoms with Crippen LogP contribution in [0.4, 0.5) is 4.79 Å². The van der Waals surface area contributed by atoms with E-state index >= 15 is 0 Å². The Labute approximate surface area is 190 Å². The van der Waals surface area contributed by atoms with Gasteiger partial charge in [-0.15, -0.1) is 0 Å². The van der Waals surface area contributed by atoms with Gasteiger partial charge in [0, 0.05) is 32.7 Å². The lowest BCUT2D eigenvalue weighted by molar-refractivity contribution is 0.0500. The highest BCUT2D eigenvalue weighted by Crippen LogP contribution is 2.25. The van der Waals surface area contributed by atoms with E-state index in [0.29, 0.717) is 32.8 Å². The fraction of sp³-hybridized carbons (Fsp3) is 0.636. The third kappa shape index (κ3) is 6.20. The van der Waals surface area contributed by atoms with E-state index in [4.69, 9.17) is 9.47 Å². The summed E-state index contributed by atoms with van der Waals surface area (Å²) in [6, 6.07) is 6.39. The first-order valence-electron chi connectivity index (χ1n) is 11.0. The highest BCUT2D eigenvalue weighted by Gasteiger charge is 2.32. The summed E-state index contributed by atoms with van der Waals surface area (Å²) in [5.41, 5.74) is -0.348. The first kappa shape index (κ1) is 24.5. The van der Waals surface area contributed by atoms with E-state index in [1.165, 1.54) is 10.4 Å². The van der Waals surface area contributed by atoms with E-state index in [1.807, 2.05) is 20.8 Å². The van der Waals surface area contributed by atoms with Gasteiger partial charge in [-0.1, -0.05) is 12.1 Å². The number of nitrogens with zero attached hydrogens (tertiary/aromatic N) is 2. The number of benzene rings is 1. The minimum Gasteiger partial charge on any atom is -0.444 e. The van der Waals surface area contributed by atoms with E-state index in [2.05, 4.69) is 5.32 Å². The molecule has 0 saturated carbocycles. The molecule has 178 valence electrons. The number of sulfonamides is 1. The van der Waals surface area contributed by atoms with Gasteiger partial charge in [0.15, 0.2) is 0 Å². The summed E-state index contributed by atoms with van der Waals surface area (Å²) in [6.07, 6.45) is 0.998. The highest BCUT2D eigenvalue weighted by atomic mass is 32.2. The van der Waals surface area contributed by atoms with Crippen LogP contribution in [0.2, 0.25) is 0 Å². The van der Waals surface area contributed by atoms with Crippen molar-refractivity contribution in [2.75, 3.05) is 45.9 Å². The van der Waals surface area contributed by atoms with Gasteiger partial charge in [-0.3, -0.25) is 4.79 Å². The quantitative estimate of drug-likeness (QED) is 0.711. The second-order valence-electron chi connectivity index (χ2n) is 9.13. The number of carbonyl (C=O) groups excluding carboxylic acids is 2. The molecule has 0 aromatic heterocycles. The number of likely N-dealkylation sites (tertiary alicyclic amines) is 1. The molecular formula is C22H33N3O6S. The van der Waals surface area contributed by atoms with E-state index in [1.54, 1.807) is 23.1 Å². The van der Waals surface area contributed by atoms with Crippen molar-refractivity contribution in [1.29, 1.82) is 0 Å². The Bertz CT molecular complexity index is 914. The standard InChI is InChI=1S/C22H33N3O6S/c1-22(2,3)31-21(27)23-16-17-8-10-24(11-9-17)20(26)18-6-4-5-7-19(18)32(28,29)25-12-14-30-15-13-25/h4-7,17H,8-16H2,1-3H3,(H,23,27). The first-order valence-corrected chi connectivity index (χ1v) is 12.4. The lowest BCUT2D eigenvalue weighted by atomic mass is 9.96. The molecule has 2 aliphatic rings. The van der Waals surface area contributed by atoms with Crippen LogP contribution in [0, 0.1) is 5.92 Å². The Morgan fingerprint density at radius 3 is 2.34 bits per heavy atom. The van der Waals surface area contributed by atoms with Crippen LogP contribution >= 0.6 is 0 Å². The number of hydrogen-bond acceptors (Lipinski definition) is 6. The topological polar surface area (TPSA) is 105 Å². The molecule has 1 aromatic rings. The summed E-state index contributed by atoms with van der Waals surface area (Å²) in [5, 5.41) is 2.79. The van der Waals surface area contributed by atoms with Gasteiger partial charge in [0.25, 0.3) is 5.91 Å². The van der Waals surface area contributed by atoms with Gasteiger partial charge in [-0.25, -0.2) is 13.2 Å². The normalized spacial score (nSPS) is 18.9. The molecule has 2 aliphatic heterocycles. The first-order chi connectivity index (χ1) is 15.1.